The molecule has 28 heavy (non-hydrogen) atoms. The summed E-state index contributed by atoms with van der Waals surface area (Å²) in [6.45, 7) is 6.53. The van der Waals surface area contributed by atoms with E-state index < -0.39 is 0 Å². The van der Waals surface area contributed by atoms with Crippen LogP contribution in [0.25, 0.3) is 0 Å². The van der Waals surface area contributed by atoms with E-state index in [1.54, 1.807) is 13.8 Å². The van der Waals surface area contributed by atoms with Crippen LogP contribution >= 0.6 is 0 Å². The Hall–Kier alpha value is -2.47. The molecule has 1 saturated heterocycles. The number of carbonyl (C=O) groups excluding carboxylic acids is 1. The Morgan fingerprint density at radius 2 is 2.07 bits per heavy atom. The van der Waals surface area contributed by atoms with Gasteiger partial charge in [0.05, 0.1) is 6.42 Å². The van der Waals surface area contributed by atoms with E-state index >= 15 is 0 Å². The first kappa shape index (κ1) is 20.3. The van der Waals surface area contributed by atoms with Gasteiger partial charge in [0.2, 0.25) is 5.91 Å². The number of amides is 1. The van der Waals surface area contributed by atoms with E-state index in [0.29, 0.717) is 17.1 Å². The summed E-state index contributed by atoms with van der Waals surface area (Å²) in [6.07, 6.45) is 4.36. The quantitative estimate of drug-likeness (QED) is 0.769. The second kappa shape index (κ2) is 9.64. The molecule has 1 aromatic heterocycles. The number of carbonyl (C=O) groups is 1. The third-order valence-electron chi connectivity index (χ3n) is 5.33. The first-order valence-electron chi connectivity index (χ1n) is 10.1. The molecule has 6 heteroatoms. The molecule has 2 heterocycles. The van der Waals surface area contributed by atoms with Crippen molar-refractivity contribution in [3.63, 3.8) is 0 Å². The van der Waals surface area contributed by atoms with E-state index in [1.165, 1.54) is 5.56 Å². The predicted molar refractivity (Wildman–Crippen MR) is 110 cm³/mol. The van der Waals surface area contributed by atoms with Crippen LogP contribution in [0.15, 0.2) is 35.1 Å². The lowest BCUT2D eigenvalue weighted by atomic mass is 10.0. The minimum absolute atomic E-state index is 0.0823. The van der Waals surface area contributed by atoms with Crippen LogP contribution in [0.4, 0.5) is 0 Å². The minimum atomic E-state index is -0.216. The molecule has 0 bridgehead atoms. The standard InChI is InChI=1S/C22H30N4O2/c1-16-20(22(28)24-17(2)23-16)14-21(27)25-19-11-7-13-26(15-19)12-6-10-18-8-4-3-5-9-18/h3-5,8-9,19H,6-7,10-15H2,1-2H3,(H,25,27)(H,23,24,28)/t19-/m1/s1. The van der Waals surface area contributed by atoms with Crippen LogP contribution in [0.1, 0.15) is 41.9 Å². The van der Waals surface area contributed by atoms with E-state index in [-0.39, 0.29) is 23.9 Å². The number of aromatic amines is 1. The second-order valence-electron chi connectivity index (χ2n) is 7.69. The zero-order valence-corrected chi connectivity index (χ0v) is 16.8. The molecular formula is C22H30N4O2. The van der Waals surface area contributed by atoms with E-state index in [2.05, 4.69) is 44.5 Å². The van der Waals surface area contributed by atoms with Crippen LogP contribution < -0.4 is 10.9 Å². The van der Waals surface area contributed by atoms with Crippen LogP contribution in [0.5, 0.6) is 0 Å². The van der Waals surface area contributed by atoms with E-state index in [1.807, 2.05) is 6.07 Å². The second-order valence-corrected chi connectivity index (χ2v) is 7.69. The number of piperidine rings is 1. The lowest BCUT2D eigenvalue weighted by Crippen LogP contribution is -2.48. The maximum absolute atomic E-state index is 12.5. The van der Waals surface area contributed by atoms with E-state index in [4.69, 9.17) is 0 Å². The Morgan fingerprint density at radius 3 is 2.82 bits per heavy atom. The van der Waals surface area contributed by atoms with Gasteiger partial charge in [-0.15, -0.1) is 0 Å². The average Bonchev–Trinajstić information content (AvgIpc) is 2.66. The number of aryl methyl sites for hydroxylation is 3. The Bertz CT molecular complexity index is 847. The summed E-state index contributed by atoms with van der Waals surface area (Å²) in [7, 11) is 0. The maximum atomic E-state index is 12.5. The zero-order valence-electron chi connectivity index (χ0n) is 16.8. The first-order chi connectivity index (χ1) is 13.5. The van der Waals surface area contributed by atoms with Gasteiger partial charge >= 0.3 is 0 Å². The highest BCUT2D eigenvalue weighted by atomic mass is 16.2. The largest absolute Gasteiger partial charge is 0.352 e. The molecule has 150 valence electrons. The van der Waals surface area contributed by atoms with Gasteiger partial charge in [0.1, 0.15) is 5.82 Å². The molecule has 1 amide bonds. The molecule has 0 saturated carbocycles. The van der Waals surface area contributed by atoms with Crippen molar-refractivity contribution in [2.45, 2.75) is 52.0 Å². The third-order valence-corrected chi connectivity index (χ3v) is 5.33. The van der Waals surface area contributed by atoms with Gasteiger partial charge in [-0.25, -0.2) is 4.98 Å². The third kappa shape index (κ3) is 5.76. The number of H-pyrrole nitrogens is 1. The molecule has 6 nitrogen and oxygen atoms in total. The Labute approximate surface area is 166 Å². The molecule has 0 radical (unpaired) electrons. The zero-order chi connectivity index (χ0) is 19.9. The fourth-order valence-electron chi connectivity index (χ4n) is 3.93. The summed E-state index contributed by atoms with van der Waals surface area (Å²) >= 11 is 0. The fourth-order valence-corrected chi connectivity index (χ4v) is 3.93. The fraction of sp³-hybridized carbons (Fsp3) is 0.500. The highest BCUT2D eigenvalue weighted by Crippen LogP contribution is 2.12. The van der Waals surface area contributed by atoms with Crippen molar-refractivity contribution in [3.8, 4) is 0 Å². The lowest BCUT2D eigenvalue weighted by molar-refractivity contribution is -0.121. The molecule has 1 fully saturated rings. The summed E-state index contributed by atoms with van der Waals surface area (Å²) < 4.78 is 0. The number of nitrogens with one attached hydrogen (secondary N) is 2. The van der Waals surface area contributed by atoms with Crippen molar-refractivity contribution in [2.75, 3.05) is 19.6 Å². The molecule has 2 aromatic rings. The van der Waals surface area contributed by atoms with Crippen LogP contribution in [0, 0.1) is 13.8 Å². The molecule has 0 spiro atoms. The van der Waals surface area contributed by atoms with Gasteiger partial charge in [0.15, 0.2) is 0 Å². The molecule has 1 aromatic carbocycles. The number of rotatable bonds is 7. The van der Waals surface area contributed by atoms with Crippen molar-refractivity contribution in [1.29, 1.82) is 0 Å². The summed E-state index contributed by atoms with van der Waals surface area (Å²) in [5.41, 5.74) is 2.24. The first-order valence-corrected chi connectivity index (χ1v) is 10.1. The Morgan fingerprint density at radius 1 is 1.29 bits per heavy atom. The average molecular weight is 383 g/mol. The summed E-state index contributed by atoms with van der Waals surface area (Å²) in [6, 6.07) is 10.7. The van der Waals surface area contributed by atoms with Crippen LogP contribution in [0.3, 0.4) is 0 Å². The number of aromatic nitrogens is 2. The van der Waals surface area contributed by atoms with Gasteiger partial charge in [-0.05, 0) is 58.2 Å². The van der Waals surface area contributed by atoms with Crippen LogP contribution in [-0.2, 0) is 17.6 Å². The van der Waals surface area contributed by atoms with E-state index in [0.717, 1.165) is 45.3 Å². The number of hydrogen-bond acceptors (Lipinski definition) is 4. The highest BCUT2D eigenvalue weighted by molar-refractivity contribution is 5.79. The van der Waals surface area contributed by atoms with E-state index in [9.17, 15) is 9.59 Å². The smallest absolute Gasteiger partial charge is 0.254 e. The summed E-state index contributed by atoms with van der Waals surface area (Å²) in [4.78, 5) is 33.9. The SMILES string of the molecule is Cc1nc(C)c(CC(=O)N[C@@H]2CCCN(CCCc3ccccc3)C2)c(=O)[nH]1. The van der Waals surface area contributed by atoms with Crippen molar-refractivity contribution < 1.29 is 4.79 Å². The molecule has 3 rings (SSSR count). The van der Waals surface area contributed by atoms with Crippen molar-refractivity contribution in [3.05, 3.63) is 63.3 Å². The summed E-state index contributed by atoms with van der Waals surface area (Å²) in [5.74, 6) is 0.473. The number of benzene rings is 1. The minimum Gasteiger partial charge on any atom is -0.352 e. The van der Waals surface area contributed by atoms with Gasteiger partial charge in [0, 0.05) is 23.8 Å². The van der Waals surface area contributed by atoms with Gasteiger partial charge < -0.3 is 15.2 Å². The molecule has 0 unspecified atom stereocenters. The molecule has 1 aliphatic rings. The maximum Gasteiger partial charge on any atom is 0.254 e. The molecule has 2 N–H and O–H groups in total. The molecule has 1 atom stereocenters. The topological polar surface area (TPSA) is 78.1 Å². The van der Waals surface area contributed by atoms with Gasteiger partial charge in [-0.2, -0.15) is 0 Å². The van der Waals surface area contributed by atoms with Gasteiger partial charge in [0.25, 0.3) is 5.56 Å². The monoisotopic (exact) mass is 382 g/mol. The normalized spacial score (nSPS) is 17.4. The molecule has 1 aliphatic heterocycles. The van der Waals surface area contributed by atoms with Crippen LogP contribution in [-0.4, -0.2) is 46.5 Å². The molecular weight excluding hydrogens is 352 g/mol. The predicted octanol–water partition coefficient (Wildman–Crippen LogP) is 2.14. The van der Waals surface area contributed by atoms with Crippen molar-refractivity contribution in [1.82, 2.24) is 20.2 Å². The Kier molecular flexibility index (Phi) is 6.98. The number of hydrogen-bond donors (Lipinski definition) is 2. The number of nitrogens with zero attached hydrogens (tertiary/aromatic N) is 2. The Balaban J connectivity index is 1.46. The van der Waals surface area contributed by atoms with Crippen LogP contribution in [0.2, 0.25) is 0 Å². The summed E-state index contributed by atoms with van der Waals surface area (Å²) in [5, 5.41) is 3.11. The van der Waals surface area contributed by atoms with Gasteiger partial charge in [-0.1, -0.05) is 30.3 Å². The lowest BCUT2D eigenvalue weighted by Gasteiger charge is -2.33. The number of likely N-dealkylation sites (tertiary alicyclic amines) is 1. The van der Waals surface area contributed by atoms with Gasteiger partial charge in [-0.3, -0.25) is 9.59 Å². The molecule has 0 aliphatic carbocycles. The van der Waals surface area contributed by atoms with Crippen molar-refractivity contribution in [2.24, 2.45) is 0 Å². The highest BCUT2D eigenvalue weighted by Gasteiger charge is 2.22. The van der Waals surface area contributed by atoms with Crippen molar-refractivity contribution >= 4 is 5.91 Å².